The Kier molecular flexibility index (Phi) is 76.4. The Labute approximate surface area is 700 Å². The number of rotatable bonds is 17. The Bertz CT molecular complexity index is 3040. The summed E-state index contributed by atoms with van der Waals surface area (Å²) < 4.78 is 83.7. The van der Waals surface area contributed by atoms with Crippen LogP contribution in [0.2, 0.25) is 20.6 Å². The standard InChI is InChI=1S/C9H10ClN3.C7H7ClN2O2.C7H9ClN2.C5H2Cl2N2O2.C2H2Cl2O.C2HF3O2.C2H4O2.CH5N.CH2O3.Fe.2Na.H26P24.6H2.H/c1-6-3-4-7-9(11-6)13(2)8(5-10)12-7;1-2-5-6(10(11)12)3-4-7(8)9-5;1-2-6-5(9)3-4-7(8)10-6;6-4-2-1-3(9(10)11)5(7)8-4;3-1-2(4)5;3-2(4,5)1(6)7;1-2(3)4;1-2;2-1-4-3;;;;1-14(2)20(13)23(19(11)12)24(21(15(3)4)16(5)6)22(17(7)8)18(9)10;;;;;;;/h3-4H,5H2,1-2H3;3-4H,2H2,1H3;3-4H,2,9H2,1H3;1-2H;1H2;(H,6,7);1H3,(H,3,4);2H2,1H3;1,3H;;;;1-13H2;6*1H;/q;;;;;;;;;;2*+1;;;;;;;;-1/p-1/i;;;;;;;;;;;;;5*1+1D;1+1;. The van der Waals surface area contributed by atoms with Crippen LogP contribution < -0.4 is 75.8 Å². The predicted octanol–water partition coefficient (Wildman–Crippen LogP) is 17.4. The molecule has 0 fully saturated rings. The van der Waals surface area contributed by atoms with Gasteiger partial charge in [0, 0.05) is 65.1 Å². The number of carbonyl (C=O) groups is 4. The summed E-state index contributed by atoms with van der Waals surface area (Å²) in [6.07, 6.45) is -3.75. The molecule has 0 aromatic carbocycles. The van der Waals surface area contributed by atoms with Crippen LogP contribution in [0.1, 0.15) is 61.4 Å². The molecule has 0 aliphatic heterocycles. The number of hydrogen-bond donors (Lipinski definition) is 4. The molecule has 5 heterocycles. The van der Waals surface area contributed by atoms with E-state index in [9.17, 15) is 38.2 Å². The number of halogens is 10. The monoisotopic (exact) mass is 2000 g/mol. The second kappa shape index (κ2) is 68.2. The van der Waals surface area contributed by atoms with Crippen LogP contribution in [0.4, 0.5) is 30.2 Å². The van der Waals surface area contributed by atoms with Crippen molar-refractivity contribution in [2.24, 2.45) is 12.8 Å². The minimum Gasteiger partial charge on any atom is -1.00 e. The van der Waals surface area contributed by atoms with E-state index in [1.165, 1.54) is 31.3 Å². The van der Waals surface area contributed by atoms with E-state index >= 15 is 0 Å². The topological polar surface area (TPSA) is 349 Å². The van der Waals surface area contributed by atoms with Gasteiger partial charge in [-0.3, -0.25) is 34.6 Å². The number of nitrogens with zero attached hydrogens (tertiary/aromatic N) is 8. The molecule has 0 amide bonds. The van der Waals surface area contributed by atoms with Crippen LogP contribution in [0.25, 0.3) is 11.2 Å². The van der Waals surface area contributed by atoms with Crippen LogP contribution in [0.15, 0.2) is 48.5 Å². The number of nitrogens with two attached hydrogens (primary N) is 2. The Morgan fingerprint density at radius 3 is 1.33 bits per heavy atom. The number of fused-ring (bicyclic) bond motifs is 1. The van der Waals surface area contributed by atoms with E-state index in [1.54, 1.807) is 19.1 Å². The molecule has 95 heavy (non-hydrogen) atoms. The van der Waals surface area contributed by atoms with E-state index in [0.29, 0.717) is 28.8 Å². The molecule has 6 N–H and O–H groups in total. The van der Waals surface area contributed by atoms with Crippen LogP contribution in [-0.4, -0.2) is 92.3 Å². The first kappa shape index (κ1) is 106. The Morgan fingerprint density at radius 1 is 0.695 bits per heavy atom. The van der Waals surface area contributed by atoms with Crippen LogP contribution in [0.5, 0.6) is 0 Å². The number of nitrogen functional groups attached to an aromatic ring is 1. The zero-order valence-electron chi connectivity index (χ0n) is 61.8. The van der Waals surface area contributed by atoms with Gasteiger partial charge in [0.15, 0.2) is 5.65 Å². The number of aromatic nitrogens is 6. The molecule has 0 aliphatic rings. The maximum Gasteiger partial charge on any atom is 1.00 e. The van der Waals surface area contributed by atoms with Crippen LogP contribution >= 0.6 is 274 Å². The molecule has 0 radical (unpaired) electrons. The maximum atomic E-state index is 10.6. The number of nitro groups is 2. The van der Waals surface area contributed by atoms with Crippen molar-refractivity contribution in [3.63, 3.8) is 0 Å². The van der Waals surface area contributed by atoms with Gasteiger partial charge in [0.25, 0.3) is 18.1 Å². The third kappa shape index (κ3) is 55.4. The summed E-state index contributed by atoms with van der Waals surface area (Å²) in [6.45, 7) is 7.03. The number of imidazole rings is 1. The summed E-state index contributed by atoms with van der Waals surface area (Å²) in [6, 6.07) is 12.7. The molecule has 0 bridgehead atoms. The summed E-state index contributed by atoms with van der Waals surface area (Å²) in [4.78, 5) is 78.2. The summed E-state index contributed by atoms with van der Waals surface area (Å²) in [7, 11) is 45.2. The van der Waals surface area contributed by atoms with Gasteiger partial charge in [0.1, 0.15) is 32.5 Å². The number of anilines is 1. The van der Waals surface area contributed by atoms with Gasteiger partial charge in [-0.2, -0.15) is 13.2 Å². The molecular weight excluding hydrogens is 1910 g/mol. The smallest absolute Gasteiger partial charge is 1.00 e. The van der Waals surface area contributed by atoms with Crippen molar-refractivity contribution in [3.05, 3.63) is 112 Å². The van der Waals surface area contributed by atoms with Crippen LogP contribution in [0.3, 0.4) is 0 Å². The van der Waals surface area contributed by atoms with Gasteiger partial charge in [-0.15, -0.1) is 139 Å². The number of hydrogen-bond acceptors (Lipinski definition) is 17. The van der Waals surface area contributed by atoms with E-state index in [4.69, 9.17) is 132 Å². The van der Waals surface area contributed by atoms with Gasteiger partial charge in [-0.25, -0.2) is 29.7 Å². The zero-order valence-corrected chi connectivity index (χ0v) is 86.0. The first-order valence-corrected chi connectivity index (χ1v) is 68.8. The second-order valence-electron chi connectivity index (χ2n) is 14.6. The predicted molar refractivity (Wildman–Crippen MR) is 464 cm³/mol. The normalized spacial score (nSPS) is 11.2. The van der Waals surface area contributed by atoms with E-state index in [2.05, 4.69) is 152 Å². The average Bonchev–Trinajstić information content (AvgIpc) is 1.22. The minimum atomic E-state index is -5.08. The Morgan fingerprint density at radius 2 is 1.04 bits per heavy atom. The second-order valence-corrected chi connectivity index (χ2v) is 113. The van der Waals surface area contributed by atoms with Crippen LogP contribution in [0, 0.1) is 27.2 Å². The summed E-state index contributed by atoms with van der Waals surface area (Å²) >= 11 is 37.3. The molecule has 0 saturated carbocycles. The largest absolute Gasteiger partial charge is 1.00 e. The number of pyridine rings is 4. The van der Waals surface area contributed by atoms with Crippen molar-refractivity contribution in [2.45, 2.75) is 52.6 Å². The number of carbonyl (C=O) groups excluding carboxylic acids is 2. The summed E-state index contributed by atoms with van der Waals surface area (Å²) in [5, 5.41) is 43.8. The Hall–Kier alpha value is 7.33. The molecule has 546 valence electrons. The SMILES string of the molecule is CC(=O)O.CCc1nc(Cl)ccc1N.CCc1nc(Cl)ccc1[N+](=O)[O-].CN.Cc1ccc2nc(CCl)n(C)c2n1.O=C(Cl)CCl.O=C(O)C(F)(F)F.O=CO[O-].O=[N+]([O-])c1ccc(Cl)nc1Cl.PP(P)P(P)P(P(P)P)P(P(P(P)P)P(P)P)P(P(P)P)P(P)P.[2HH].[2H][2H].[2H][2H].[2H][2H].[2H][2H].[2H][2H].[Fe].[H-].[Na+].[Na+]. The van der Waals surface area contributed by atoms with Crippen molar-refractivity contribution in [2.75, 3.05) is 18.7 Å². The van der Waals surface area contributed by atoms with Crippen molar-refractivity contribution in [1.29, 1.82) is 0 Å². The number of aryl methyl sites for hydroxylation is 4. The molecular formula is C36H80Cl7F3FeN10Na2O12P24. The van der Waals surface area contributed by atoms with Crippen molar-refractivity contribution >= 4 is 326 Å². The first-order chi connectivity index (χ1) is 47.4. The van der Waals surface area contributed by atoms with Crippen molar-refractivity contribution in [1.82, 2.24) is 29.5 Å². The average molecular weight is 2010 g/mol. The molecule has 5 aromatic heterocycles. The maximum absolute atomic E-state index is 10.6. The van der Waals surface area contributed by atoms with Crippen molar-refractivity contribution in [3.8, 4) is 0 Å². The molecule has 15 unspecified atom stereocenters. The molecule has 22 nitrogen and oxygen atoms in total. The first-order valence-electron chi connectivity index (χ1n) is 28.0. The van der Waals surface area contributed by atoms with E-state index < -0.39 is 33.2 Å². The summed E-state index contributed by atoms with van der Waals surface area (Å²) in [5.74, 6) is -2.41. The minimum absolute atomic E-state index is 0. The van der Waals surface area contributed by atoms with Gasteiger partial charge in [0.05, 0.1) is 33.0 Å². The number of alkyl halides is 5. The fourth-order valence-electron chi connectivity index (χ4n) is 4.72. The number of carboxylic acid groups (broad SMARTS) is 2. The molecule has 0 aliphatic carbocycles. The molecule has 5 aromatic rings. The van der Waals surface area contributed by atoms with Gasteiger partial charge in [0.2, 0.25) is 10.4 Å². The molecule has 15 atom stereocenters. The van der Waals surface area contributed by atoms with Crippen molar-refractivity contribution < 1.29 is 156 Å². The fourth-order valence-corrected chi connectivity index (χ4v) is 295. The summed E-state index contributed by atoms with van der Waals surface area (Å²) in [5.41, 5.74) is 14.7. The van der Waals surface area contributed by atoms with Crippen LogP contribution in [-0.2, 0) is 66.9 Å². The van der Waals surface area contributed by atoms with Gasteiger partial charge >= 0.3 is 76.9 Å². The number of aliphatic carboxylic acids is 2. The Balaban J connectivity index is -0.0000000697. The molecule has 0 spiro atoms. The molecule has 0 saturated heterocycles. The van der Waals surface area contributed by atoms with E-state index in [0.717, 1.165) is 41.7 Å². The number of carboxylic acids is 2. The molecule has 5 rings (SSSR count). The van der Waals surface area contributed by atoms with E-state index in [1.807, 2.05) is 37.6 Å². The zero-order chi connectivity index (χ0) is 83.3. The van der Waals surface area contributed by atoms with Gasteiger partial charge in [-0.1, -0.05) is 60.3 Å². The van der Waals surface area contributed by atoms with Gasteiger partial charge in [-0.05, 0) is 152 Å². The fraction of sp³-hybridized carbons (Fsp3) is 0.306. The molecule has 59 heteroatoms. The van der Waals surface area contributed by atoms with E-state index in [-0.39, 0.29) is 195 Å². The third-order valence-electron chi connectivity index (χ3n) is 8.14. The van der Waals surface area contributed by atoms with Gasteiger partial charge < -0.3 is 37.8 Å². The quantitative estimate of drug-likeness (QED) is 0.00773. The third-order valence-corrected chi connectivity index (χ3v) is 164.